The predicted octanol–water partition coefficient (Wildman–Crippen LogP) is 0.883. The molecule has 0 bridgehead atoms. The summed E-state index contributed by atoms with van der Waals surface area (Å²) in [5.74, 6) is -0.561. The highest BCUT2D eigenvalue weighted by molar-refractivity contribution is 6.11. The van der Waals surface area contributed by atoms with E-state index in [2.05, 4.69) is 11.6 Å². The third-order valence-corrected chi connectivity index (χ3v) is 6.08. The first-order chi connectivity index (χ1) is 14.6. The van der Waals surface area contributed by atoms with Crippen LogP contribution in [0.5, 0.6) is 0 Å². The number of imidazole rings is 1. The van der Waals surface area contributed by atoms with Crippen molar-refractivity contribution >= 4 is 28.5 Å². The third-order valence-electron chi connectivity index (χ3n) is 6.08. The smallest absolute Gasteiger partial charge is 0.320 e. The quantitative estimate of drug-likeness (QED) is 0.570. The number of carbonyl (C=O) groups excluding carboxylic acids is 2. The maximum absolute atomic E-state index is 13.0. The zero-order valence-electron chi connectivity index (χ0n) is 17.9. The van der Waals surface area contributed by atoms with E-state index in [-0.39, 0.29) is 35.7 Å². The number of anilines is 1. The first-order valence-electron chi connectivity index (χ1n) is 9.77. The van der Waals surface area contributed by atoms with Gasteiger partial charge in [-0.2, -0.15) is 0 Å². The molecule has 0 fully saturated rings. The first kappa shape index (κ1) is 20.5. The maximum Gasteiger partial charge on any atom is 0.332 e. The van der Waals surface area contributed by atoms with E-state index in [1.54, 1.807) is 30.5 Å². The van der Waals surface area contributed by atoms with Crippen LogP contribution in [0.25, 0.3) is 11.2 Å². The number of aromatic nitrogens is 4. The number of hydrogen-bond acceptors (Lipinski definition) is 5. The Labute approximate surface area is 177 Å². The lowest BCUT2D eigenvalue weighted by Gasteiger charge is -2.23. The van der Waals surface area contributed by atoms with E-state index < -0.39 is 16.7 Å². The lowest BCUT2D eigenvalue weighted by molar-refractivity contribution is -0.126. The van der Waals surface area contributed by atoms with E-state index >= 15 is 0 Å². The van der Waals surface area contributed by atoms with Crippen LogP contribution in [0.15, 0.2) is 52.3 Å². The number of hydrogen-bond donors (Lipinski definition) is 0. The van der Waals surface area contributed by atoms with Gasteiger partial charge in [-0.25, -0.2) is 9.78 Å². The molecule has 3 aromatic rings. The van der Waals surface area contributed by atoms with Crippen LogP contribution in [0.2, 0.25) is 0 Å². The summed E-state index contributed by atoms with van der Waals surface area (Å²) in [7, 11) is 4.91. The molecule has 0 saturated heterocycles. The monoisotopic (exact) mass is 421 g/mol. The highest BCUT2D eigenvalue weighted by Gasteiger charge is 2.47. The topological polar surface area (TPSA) is 99.2 Å². The zero-order chi connectivity index (χ0) is 22.7. The third kappa shape index (κ3) is 2.88. The zero-order valence-corrected chi connectivity index (χ0v) is 17.9. The van der Waals surface area contributed by atoms with Crippen LogP contribution in [-0.4, -0.2) is 37.4 Å². The number of likely N-dealkylation sites (N-methyl/N-ethyl adjacent to an activating group) is 1. The lowest BCUT2D eigenvalue weighted by Crippen LogP contribution is -2.41. The molecule has 31 heavy (non-hydrogen) atoms. The van der Waals surface area contributed by atoms with Crippen molar-refractivity contribution in [2.24, 2.45) is 14.1 Å². The molecule has 9 heteroatoms. The second-order valence-electron chi connectivity index (χ2n) is 8.18. The number of ketones is 1. The van der Waals surface area contributed by atoms with Crippen LogP contribution < -0.4 is 16.1 Å². The van der Waals surface area contributed by atoms with Crippen molar-refractivity contribution in [2.45, 2.75) is 25.3 Å². The molecule has 0 N–H and O–H groups in total. The summed E-state index contributed by atoms with van der Waals surface area (Å²) in [6.07, 6.45) is 1.35. The normalized spacial score (nSPS) is 17.9. The van der Waals surface area contributed by atoms with E-state index in [9.17, 15) is 19.2 Å². The number of benzene rings is 1. The summed E-state index contributed by atoms with van der Waals surface area (Å²) in [6, 6.07) is 7.34. The van der Waals surface area contributed by atoms with Crippen molar-refractivity contribution in [1.82, 2.24) is 18.7 Å². The Morgan fingerprint density at radius 1 is 1.13 bits per heavy atom. The number of rotatable bonds is 5. The van der Waals surface area contributed by atoms with Crippen LogP contribution >= 0.6 is 0 Å². The van der Waals surface area contributed by atoms with Gasteiger partial charge in [-0.15, -0.1) is 0 Å². The molecule has 1 unspecified atom stereocenters. The predicted molar refractivity (Wildman–Crippen MR) is 116 cm³/mol. The molecule has 1 aliphatic rings. The second-order valence-corrected chi connectivity index (χ2v) is 8.18. The van der Waals surface area contributed by atoms with Crippen molar-refractivity contribution in [3.63, 3.8) is 0 Å². The SMILES string of the molecule is C=C(Cn1c(=O)c2ncn(C)c2n(C)c1=O)C(=O)CC1(C)C(=O)N(C)c2ccccc21. The molecule has 0 saturated carbocycles. The standard InChI is InChI=1S/C22H23N5O4/c1-13(11-27-19(29)17-18(24(3)12-23-17)26(5)21(27)31)16(28)10-22(2)14-8-6-7-9-15(14)25(4)20(22)30/h6-9,12H,1,10-11H2,2-5H3. The first-order valence-corrected chi connectivity index (χ1v) is 9.77. The van der Waals surface area contributed by atoms with Gasteiger partial charge in [0, 0.05) is 38.8 Å². The number of Topliss-reactive ketones (excluding diaryl/α,β-unsaturated/α-hetero) is 1. The van der Waals surface area contributed by atoms with Gasteiger partial charge in [0.15, 0.2) is 11.3 Å². The van der Waals surface area contributed by atoms with Crippen LogP contribution in [0.3, 0.4) is 0 Å². The van der Waals surface area contributed by atoms with Crippen molar-refractivity contribution in [1.29, 1.82) is 0 Å². The minimum absolute atomic E-state index is 0.0792. The molecule has 160 valence electrons. The lowest BCUT2D eigenvalue weighted by atomic mass is 9.78. The van der Waals surface area contributed by atoms with E-state index in [0.717, 1.165) is 15.8 Å². The summed E-state index contributed by atoms with van der Waals surface area (Å²) >= 11 is 0. The number of para-hydroxylation sites is 1. The molecule has 1 aromatic carbocycles. The summed E-state index contributed by atoms with van der Waals surface area (Å²) < 4.78 is 3.85. The van der Waals surface area contributed by atoms with Gasteiger partial charge in [0.2, 0.25) is 5.91 Å². The van der Waals surface area contributed by atoms with Gasteiger partial charge in [0.1, 0.15) is 5.65 Å². The minimum atomic E-state index is -1.04. The summed E-state index contributed by atoms with van der Waals surface area (Å²) in [5.41, 5.74) is -0.0395. The Morgan fingerprint density at radius 3 is 2.52 bits per heavy atom. The Hall–Kier alpha value is -3.75. The van der Waals surface area contributed by atoms with Crippen LogP contribution in [0, 0.1) is 0 Å². The molecule has 1 amide bonds. The van der Waals surface area contributed by atoms with Crippen molar-refractivity contribution in [3.05, 3.63) is 69.1 Å². The summed E-state index contributed by atoms with van der Waals surface area (Å²) in [6.45, 7) is 5.28. The molecule has 1 atom stereocenters. The van der Waals surface area contributed by atoms with E-state index in [4.69, 9.17) is 0 Å². The number of carbonyl (C=O) groups is 2. The molecular formula is C22H23N5O4. The molecule has 0 aliphatic carbocycles. The number of aryl methyl sites for hydroxylation is 2. The molecule has 0 radical (unpaired) electrons. The average Bonchev–Trinajstić information content (AvgIpc) is 3.22. The number of nitrogens with zero attached hydrogens (tertiary/aromatic N) is 5. The Kier molecular flexibility index (Phi) is 4.57. The van der Waals surface area contributed by atoms with Gasteiger partial charge < -0.3 is 9.47 Å². The summed E-state index contributed by atoms with van der Waals surface area (Å²) in [5, 5.41) is 0. The van der Waals surface area contributed by atoms with Crippen LogP contribution in [-0.2, 0) is 35.6 Å². The van der Waals surface area contributed by atoms with Crippen LogP contribution in [0.1, 0.15) is 18.9 Å². The maximum atomic E-state index is 13.0. The molecule has 3 heterocycles. The fourth-order valence-corrected chi connectivity index (χ4v) is 4.32. The van der Waals surface area contributed by atoms with Gasteiger partial charge in [0.25, 0.3) is 5.56 Å². The second kappa shape index (κ2) is 6.90. The van der Waals surface area contributed by atoms with E-state index in [1.165, 1.54) is 17.9 Å². The molecule has 0 spiro atoms. The number of allylic oxidation sites excluding steroid dienone is 1. The number of amides is 1. The highest BCUT2D eigenvalue weighted by Crippen LogP contribution is 2.43. The van der Waals surface area contributed by atoms with Crippen molar-refractivity contribution in [2.75, 3.05) is 11.9 Å². The fraction of sp³-hybridized carbons (Fsp3) is 0.318. The van der Waals surface area contributed by atoms with Gasteiger partial charge in [-0.3, -0.25) is 23.5 Å². The number of fused-ring (bicyclic) bond motifs is 2. The van der Waals surface area contributed by atoms with Crippen molar-refractivity contribution < 1.29 is 9.59 Å². The molecule has 4 rings (SSSR count). The summed E-state index contributed by atoms with van der Waals surface area (Å²) in [4.78, 5) is 57.1. The largest absolute Gasteiger partial charge is 0.332 e. The molecule has 2 aromatic heterocycles. The molecule has 9 nitrogen and oxygen atoms in total. The average molecular weight is 421 g/mol. The van der Waals surface area contributed by atoms with Gasteiger partial charge in [0.05, 0.1) is 18.3 Å². The van der Waals surface area contributed by atoms with Crippen molar-refractivity contribution in [3.8, 4) is 0 Å². The molecular weight excluding hydrogens is 398 g/mol. The Balaban J connectivity index is 1.65. The Bertz CT molecular complexity index is 1390. The van der Waals surface area contributed by atoms with Gasteiger partial charge >= 0.3 is 5.69 Å². The minimum Gasteiger partial charge on any atom is -0.320 e. The molecule has 1 aliphatic heterocycles. The highest BCUT2D eigenvalue weighted by atomic mass is 16.2. The fourth-order valence-electron chi connectivity index (χ4n) is 4.32. The van der Waals surface area contributed by atoms with Gasteiger partial charge in [-0.05, 0) is 18.6 Å². The van der Waals surface area contributed by atoms with Gasteiger partial charge in [-0.1, -0.05) is 24.8 Å². The Morgan fingerprint density at radius 2 is 1.81 bits per heavy atom. The van der Waals surface area contributed by atoms with Crippen LogP contribution in [0.4, 0.5) is 5.69 Å². The van der Waals surface area contributed by atoms with E-state index in [0.29, 0.717) is 5.65 Å². The van der Waals surface area contributed by atoms with E-state index in [1.807, 2.05) is 24.3 Å².